The standard InChI is InChI=1S/C13H23N3O2S/c1-4-9-14-10-12-5-7-13(8-6-12)16-19(17,18)15-11(2)3/h5-8,11,14-16H,4,9-10H2,1-3H3. The van der Waals surface area contributed by atoms with Crippen LogP contribution in [0.25, 0.3) is 0 Å². The molecule has 0 heterocycles. The second-order valence-corrected chi connectivity index (χ2v) is 6.20. The summed E-state index contributed by atoms with van der Waals surface area (Å²) in [6.07, 6.45) is 1.10. The molecule has 1 aromatic carbocycles. The molecular weight excluding hydrogens is 262 g/mol. The van der Waals surface area contributed by atoms with Crippen molar-refractivity contribution in [1.82, 2.24) is 10.0 Å². The van der Waals surface area contributed by atoms with Crippen molar-refractivity contribution in [3.05, 3.63) is 29.8 Å². The van der Waals surface area contributed by atoms with Gasteiger partial charge in [0.15, 0.2) is 0 Å². The highest BCUT2D eigenvalue weighted by molar-refractivity contribution is 7.90. The zero-order chi connectivity index (χ0) is 14.3. The van der Waals surface area contributed by atoms with Crippen LogP contribution in [0.15, 0.2) is 24.3 Å². The number of nitrogens with one attached hydrogen (secondary N) is 3. The summed E-state index contributed by atoms with van der Waals surface area (Å²) in [4.78, 5) is 0. The molecular formula is C13H23N3O2S. The van der Waals surface area contributed by atoms with Crippen LogP contribution in [0, 0.1) is 0 Å². The van der Waals surface area contributed by atoms with E-state index in [0.29, 0.717) is 5.69 Å². The van der Waals surface area contributed by atoms with Crippen molar-refractivity contribution in [1.29, 1.82) is 0 Å². The molecule has 0 aliphatic rings. The van der Waals surface area contributed by atoms with Gasteiger partial charge < -0.3 is 5.32 Å². The molecule has 3 N–H and O–H groups in total. The molecule has 0 aromatic heterocycles. The summed E-state index contributed by atoms with van der Waals surface area (Å²) in [6, 6.07) is 7.23. The SMILES string of the molecule is CCCNCc1ccc(NS(=O)(=O)NC(C)C)cc1. The molecule has 0 aliphatic carbocycles. The van der Waals surface area contributed by atoms with Gasteiger partial charge in [-0.05, 0) is 44.5 Å². The Morgan fingerprint density at radius 1 is 1.16 bits per heavy atom. The van der Waals surface area contributed by atoms with Gasteiger partial charge in [0.25, 0.3) is 10.2 Å². The normalized spacial score (nSPS) is 11.8. The van der Waals surface area contributed by atoms with E-state index in [1.165, 1.54) is 0 Å². The lowest BCUT2D eigenvalue weighted by Gasteiger charge is -2.12. The number of rotatable bonds is 8. The van der Waals surface area contributed by atoms with Crippen LogP contribution in [0.3, 0.4) is 0 Å². The predicted molar refractivity (Wildman–Crippen MR) is 79.3 cm³/mol. The highest BCUT2D eigenvalue weighted by atomic mass is 32.2. The first-order valence-corrected chi connectivity index (χ1v) is 8.01. The molecule has 19 heavy (non-hydrogen) atoms. The maximum atomic E-state index is 11.7. The summed E-state index contributed by atoms with van der Waals surface area (Å²) < 4.78 is 28.3. The van der Waals surface area contributed by atoms with Gasteiger partial charge in [-0.1, -0.05) is 19.1 Å². The van der Waals surface area contributed by atoms with Gasteiger partial charge in [-0.3, -0.25) is 4.72 Å². The molecule has 0 unspecified atom stereocenters. The van der Waals surface area contributed by atoms with Gasteiger partial charge in [-0.15, -0.1) is 0 Å². The summed E-state index contributed by atoms with van der Waals surface area (Å²) in [6.45, 7) is 7.45. The summed E-state index contributed by atoms with van der Waals surface area (Å²) >= 11 is 0. The molecule has 0 radical (unpaired) electrons. The zero-order valence-electron chi connectivity index (χ0n) is 11.7. The molecule has 108 valence electrons. The van der Waals surface area contributed by atoms with Crippen LogP contribution in [0.2, 0.25) is 0 Å². The van der Waals surface area contributed by atoms with E-state index in [4.69, 9.17) is 0 Å². The molecule has 0 spiro atoms. The Balaban J connectivity index is 2.57. The second-order valence-electron chi connectivity index (χ2n) is 4.75. The van der Waals surface area contributed by atoms with Gasteiger partial charge in [0, 0.05) is 18.3 Å². The Kier molecular flexibility index (Phi) is 6.27. The van der Waals surface area contributed by atoms with Gasteiger partial charge in [0.05, 0.1) is 0 Å². The quantitative estimate of drug-likeness (QED) is 0.638. The fraction of sp³-hybridized carbons (Fsp3) is 0.538. The van der Waals surface area contributed by atoms with Crippen molar-refractivity contribution in [2.45, 2.75) is 39.8 Å². The van der Waals surface area contributed by atoms with E-state index in [1.54, 1.807) is 26.0 Å². The molecule has 0 bridgehead atoms. The maximum Gasteiger partial charge on any atom is 0.299 e. The van der Waals surface area contributed by atoms with E-state index in [9.17, 15) is 8.42 Å². The third kappa shape index (κ3) is 6.56. The van der Waals surface area contributed by atoms with E-state index in [-0.39, 0.29) is 6.04 Å². The smallest absolute Gasteiger partial charge is 0.299 e. The van der Waals surface area contributed by atoms with Gasteiger partial charge in [-0.2, -0.15) is 13.1 Å². The minimum atomic E-state index is -3.48. The van der Waals surface area contributed by atoms with Crippen molar-refractivity contribution in [3.63, 3.8) is 0 Å². The molecule has 0 atom stereocenters. The summed E-state index contributed by atoms with van der Waals surface area (Å²) in [5.41, 5.74) is 1.70. The molecule has 5 nitrogen and oxygen atoms in total. The lowest BCUT2D eigenvalue weighted by atomic mass is 10.2. The monoisotopic (exact) mass is 285 g/mol. The molecule has 0 saturated heterocycles. The van der Waals surface area contributed by atoms with Gasteiger partial charge in [0.2, 0.25) is 0 Å². The third-order valence-corrected chi connectivity index (χ3v) is 3.64. The molecule has 0 aliphatic heterocycles. The lowest BCUT2D eigenvalue weighted by Crippen LogP contribution is -2.35. The van der Waals surface area contributed by atoms with Gasteiger partial charge in [-0.25, -0.2) is 0 Å². The van der Waals surface area contributed by atoms with E-state index in [1.807, 2.05) is 12.1 Å². The molecule has 1 rings (SSSR count). The largest absolute Gasteiger partial charge is 0.313 e. The van der Waals surface area contributed by atoms with E-state index in [0.717, 1.165) is 25.1 Å². The molecule has 6 heteroatoms. The maximum absolute atomic E-state index is 11.7. The second kappa shape index (κ2) is 7.47. The first kappa shape index (κ1) is 15.9. The Bertz CT molecular complexity index is 469. The lowest BCUT2D eigenvalue weighted by molar-refractivity contribution is 0.575. The number of hydrogen-bond donors (Lipinski definition) is 3. The van der Waals surface area contributed by atoms with Crippen LogP contribution in [0.1, 0.15) is 32.8 Å². The first-order chi connectivity index (χ1) is 8.93. The minimum absolute atomic E-state index is 0.130. The highest BCUT2D eigenvalue weighted by Gasteiger charge is 2.10. The summed E-state index contributed by atoms with van der Waals surface area (Å²) in [5, 5.41) is 3.29. The topological polar surface area (TPSA) is 70.2 Å². The Labute approximate surface area is 116 Å². The fourth-order valence-corrected chi connectivity index (χ4v) is 2.72. The van der Waals surface area contributed by atoms with Crippen LogP contribution in [-0.2, 0) is 16.8 Å². The third-order valence-electron chi connectivity index (χ3n) is 2.35. The average Bonchev–Trinajstić information content (AvgIpc) is 2.29. The van der Waals surface area contributed by atoms with Crippen LogP contribution >= 0.6 is 0 Å². The Morgan fingerprint density at radius 3 is 2.32 bits per heavy atom. The zero-order valence-corrected chi connectivity index (χ0v) is 12.5. The number of hydrogen-bond acceptors (Lipinski definition) is 3. The Hall–Kier alpha value is -1.11. The van der Waals surface area contributed by atoms with E-state index in [2.05, 4.69) is 21.7 Å². The van der Waals surface area contributed by atoms with Crippen molar-refractivity contribution in [2.75, 3.05) is 11.3 Å². The van der Waals surface area contributed by atoms with Crippen LogP contribution < -0.4 is 14.8 Å². The first-order valence-electron chi connectivity index (χ1n) is 6.52. The van der Waals surface area contributed by atoms with Crippen LogP contribution in [0.4, 0.5) is 5.69 Å². The van der Waals surface area contributed by atoms with E-state index < -0.39 is 10.2 Å². The number of anilines is 1. The molecule has 1 aromatic rings. The highest BCUT2D eigenvalue weighted by Crippen LogP contribution is 2.10. The van der Waals surface area contributed by atoms with Crippen LogP contribution in [0.5, 0.6) is 0 Å². The van der Waals surface area contributed by atoms with Crippen molar-refractivity contribution >= 4 is 15.9 Å². The summed E-state index contributed by atoms with van der Waals surface area (Å²) in [7, 11) is -3.48. The van der Waals surface area contributed by atoms with Gasteiger partial charge in [0.1, 0.15) is 0 Å². The average molecular weight is 285 g/mol. The Morgan fingerprint density at radius 2 is 1.79 bits per heavy atom. The van der Waals surface area contributed by atoms with Crippen molar-refractivity contribution in [2.24, 2.45) is 0 Å². The predicted octanol–water partition coefficient (Wildman–Crippen LogP) is 1.84. The molecule has 0 amide bonds. The van der Waals surface area contributed by atoms with Crippen molar-refractivity contribution < 1.29 is 8.42 Å². The van der Waals surface area contributed by atoms with Gasteiger partial charge >= 0.3 is 0 Å². The molecule has 0 fully saturated rings. The number of benzene rings is 1. The van der Waals surface area contributed by atoms with Crippen LogP contribution in [-0.4, -0.2) is 21.0 Å². The van der Waals surface area contributed by atoms with E-state index >= 15 is 0 Å². The van der Waals surface area contributed by atoms with Crippen molar-refractivity contribution in [3.8, 4) is 0 Å². The fourth-order valence-electron chi connectivity index (χ4n) is 1.60. The summed E-state index contributed by atoms with van der Waals surface area (Å²) in [5.74, 6) is 0. The molecule has 0 saturated carbocycles. The minimum Gasteiger partial charge on any atom is -0.313 e.